The maximum Gasteiger partial charge on any atom is 0.186 e. The van der Waals surface area contributed by atoms with Crippen LogP contribution in [0.15, 0.2) is 133 Å². The molecular weight excluding hydrogens is 378 g/mol. The maximum atomic E-state index is 13.0. The molecule has 0 amide bonds. The Bertz CT molecular complexity index is 1180. The Kier molecular flexibility index (Phi) is 6.51. The van der Waals surface area contributed by atoms with Gasteiger partial charge in [-0.3, -0.25) is 4.79 Å². The third-order valence-electron chi connectivity index (χ3n) is 4.89. The Morgan fingerprint density at radius 2 is 0.968 bits per heavy atom. The molecule has 2 heteroatoms. The molecule has 0 aromatic heterocycles. The minimum absolute atomic E-state index is 0.0252. The van der Waals surface area contributed by atoms with Crippen LogP contribution in [0.3, 0.4) is 0 Å². The van der Waals surface area contributed by atoms with Gasteiger partial charge in [-0.15, -0.1) is 0 Å². The summed E-state index contributed by atoms with van der Waals surface area (Å²) in [6.07, 6.45) is 3.75. The van der Waals surface area contributed by atoms with Gasteiger partial charge in [-0.2, -0.15) is 0 Å². The number of hydrogen-bond donors (Lipinski definition) is 1. The van der Waals surface area contributed by atoms with Crippen molar-refractivity contribution in [3.63, 3.8) is 0 Å². The molecule has 4 rings (SSSR count). The zero-order valence-electron chi connectivity index (χ0n) is 17.1. The Balaban J connectivity index is 1.81. The van der Waals surface area contributed by atoms with Gasteiger partial charge < -0.3 is 5.32 Å². The van der Waals surface area contributed by atoms with Crippen LogP contribution in [0.25, 0.3) is 11.3 Å². The fourth-order valence-electron chi connectivity index (χ4n) is 3.31. The van der Waals surface area contributed by atoms with Crippen LogP contribution < -0.4 is 5.32 Å². The Hall–Kier alpha value is -4.17. The van der Waals surface area contributed by atoms with Crippen molar-refractivity contribution in [2.24, 2.45) is 0 Å². The van der Waals surface area contributed by atoms with E-state index in [2.05, 4.69) is 17.4 Å². The predicted octanol–water partition coefficient (Wildman–Crippen LogP) is 7.11. The first-order valence-corrected chi connectivity index (χ1v) is 10.3. The Labute approximate surface area is 183 Å². The molecule has 4 aromatic carbocycles. The third-order valence-corrected chi connectivity index (χ3v) is 4.89. The van der Waals surface area contributed by atoms with Crippen molar-refractivity contribution in [3.05, 3.63) is 150 Å². The second-order valence-electron chi connectivity index (χ2n) is 7.11. The predicted molar refractivity (Wildman–Crippen MR) is 130 cm³/mol. The van der Waals surface area contributed by atoms with Crippen LogP contribution in [0.4, 0.5) is 5.69 Å². The summed E-state index contributed by atoms with van der Waals surface area (Å²) in [7, 11) is 0. The number of allylic oxidation sites excluding steroid dienone is 3. The average Bonchev–Trinajstić information content (AvgIpc) is 2.85. The Morgan fingerprint density at radius 3 is 1.52 bits per heavy atom. The van der Waals surface area contributed by atoms with Gasteiger partial charge in [-0.05, 0) is 41.0 Å². The molecule has 0 radical (unpaired) electrons. The van der Waals surface area contributed by atoms with Crippen LogP contribution in [0, 0.1) is 0 Å². The van der Waals surface area contributed by atoms with Gasteiger partial charge in [0.05, 0.1) is 0 Å². The summed E-state index contributed by atoms with van der Waals surface area (Å²) in [5, 5.41) is 3.52. The molecule has 0 unspecified atom stereocenters. The van der Waals surface area contributed by atoms with Crippen molar-refractivity contribution in [3.8, 4) is 0 Å². The Morgan fingerprint density at radius 1 is 0.516 bits per heavy atom. The molecular formula is C29H23NO. The fraction of sp³-hybridized carbons (Fsp3) is 0. The van der Waals surface area contributed by atoms with Crippen molar-refractivity contribution >= 4 is 22.7 Å². The van der Waals surface area contributed by atoms with Crippen LogP contribution in [0.5, 0.6) is 0 Å². The van der Waals surface area contributed by atoms with Crippen molar-refractivity contribution in [1.29, 1.82) is 0 Å². The number of carbonyl (C=O) groups excluding carboxylic acids is 1. The monoisotopic (exact) mass is 401 g/mol. The van der Waals surface area contributed by atoms with Gasteiger partial charge in [0.2, 0.25) is 0 Å². The molecule has 2 nitrogen and oxygen atoms in total. The standard InChI is InChI=1S/C29H23NO/c31-29(25-17-9-3-10-18-25)22-26(23-13-5-1-6-14-23)21-28(24-15-7-2-8-16-24)30-27-19-11-4-12-20-27/h1-22,30H/b26-22+,28-21-. The fourth-order valence-corrected chi connectivity index (χ4v) is 3.31. The van der Waals surface area contributed by atoms with Gasteiger partial charge in [-0.25, -0.2) is 0 Å². The van der Waals surface area contributed by atoms with Crippen LogP contribution in [0.2, 0.25) is 0 Å². The van der Waals surface area contributed by atoms with E-state index in [0.717, 1.165) is 28.1 Å². The summed E-state index contributed by atoms with van der Waals surface area (Å²) in [6, 6.07) is 39.5. The van der Waals surface area contributed by atoms with Gasteiger partial charge >= 0.3 is 0 Å². The van der Waals surface area contributed by atoms with E-state index in [9.17, 15) is 4.79 Å². The summed E-state index contributed by atoms with van der Waals surface area (Å²) in [5.41, 5.74) is 5.44. The van der Waals surface area contributed by atoms with Crippen LogP contribution in [-0.4, -0.2) is 5.78 Å². The van der Waals surface area contributed by atoms with E-state index < -0.39 is 0 Å². The lowest BCUT2D eigenvalue weighted by molar-refractivity contribution is 0.104. The zero-order chi connectivity index (χ0) is 21.3. The van der Waals surface area contributed by atoms with Crippen molar-refractivity contribution in [2.75, 3.05) is 5.32 Å². The lowest BCUT2D eigenvalue weighted by Crippen LogP contribution is -2.01. The van der Waals surface area contributed by atoms with Crippen LogP contribution in [-0.2, 0) is 0 Å². The van der Waals surface area contributed by atoms with Crippen LogP contribution >= 0.6 is 0 Å². The number of para-hydroxylation sites is 1. The van der Waals surface area contributed by atoms with E-state index in [1.54, 1.807) is 6.08 Å². The summed E-state index contributed by atoms with van der Waals surface area (Å²) in [6.45, 7) is 0. The lowest BCUT2D eigenvalue weighted by Gasteiger charge is -2.13. The molecule has 4 aromatic rings. The van der Waals surface area contributed by atoms with E-state index in [-0.39, 0.29) is 5.78 Å². The van der Waals surface area contributed by atoms with E-state index in [1.807, 2.05) is 115 Å². The zero-order valence-corrected chi connectivity index (χ0v) is 17.1. The van der Waals surface area contributed by atoms with Crippen molar-refractivity contribution in [1.82, 2.24) is 0 Å². The van der Waals surface area contributed by atoms with Crippen molar-refractivity contribution < 1.29 is 4.79 Å². The highest BCUT2D eigenvalue weighted by atomic mass is 16.1. The average molecular weight is 402 g/mol. The minimum Gasteiger partial charge on any atom is -0.355 e. The molecule has 0 aliphatic carbocycles. The third kappa shape index (κ3) is 5.46. The molecule has 0 aliphatic heterocycles. The molecule has 0 heterocycles. The maximum absolute atomic E-state index is 13.0. The molecule has 0 saturated heterocycles. The van der Waals surface area contributed by atoms with E-state index in [0.29, 0.717) is 5.56 Å². The number of rotatable bonds is 7. The first kappa shape index (κ1) is 20.1. The number of nitrogens with one attached hydrogen (secondary N) is 1. The topological polar surface area (TPSA) is 29.1 Å². The number of ketones is 1. The summed E-state index contributed by atoms with van der Waals surface area (Å²) in [4.78, 5) is 13.0. The highest BCUT2D eigenvalue weighted by molar-refractivity contribution is 6.10. The lowest BCUT2D eigenvalue weighted by atomic mass is 9.99. The van der Waals surface area contributed by atoms with Gasteiger partial charge in [0.25, 0.3) is 0 Å². The second kappa shape index (κ2) is 10.0. The van der Waals surface area contributed by atoms with Gasteiger partial charge in [0.1, 0.15) is 0 Å². The summed E-state index contributed by atoms with van der Waals surface area (Å²) < 4.78 is 0. The van der Waals surface area contributed by atoms with Crippen LogP contribution in [0.1, 0.15) is 21.5 Å². The first-order valence-electron chi connectivity index (χ1n) is 10.3. The molecule has 31 heavy (non-hydrogen) atoms. The van der Waals surface area contributed by atoms with Gasteiger partial charge in [0.15, 0.2) is 5.78 Å². The second-order valence-corrected chi connectivity index (χ2v) is 7.11. The molecule has 0 atom stereocenters. The van der Waals surface area contributed by atoms with E-state index in [1.165, 1.54) is 0 Å². The number of carbonyl (C=O) groups is 1. The molecule has 0 bridgehead atoms. The molecule has 0 saturated carbocycles. The largest absolute Gasteiger partial charge is 0.355 e. The van der Waals surface area contributed by atoms with Crippen molar-refractivity contribution in [2.45, 2.75) is 0 Å². The summed E-state index contributed by atoms with van der Waals surface area (Å²) >= 11 is 0. The van der Waals surface area contributed by atoms with Gasteiger partial charge in [-0.1, -0.05) is 109 Å². The SMILES string of the molecule is O=C(/C=C(\C=C(/Nc1ccccc1)c1ccccc1)c1ccccc1)c1ccccc1. The normalized spacial score (nSPS) is 11.7. The molecule has 0 spiro atoms. The van der Waals surface area contributed by atoms with E-state index in [4.69, 9.17) is 0 Å². The summed E-state index contributed by atoms with van der Waals surface area (Å²) in [5.74, 6) is -0.0252. The number of anilines is 1. The smallest absolute Gasteiger partial charge is 0.186 e. The minimum atomic E-state index is -0.0252. The quantitative estimate of drug-likeness (QED) is 0.203. The number of hydrogen-bond acceptors (Lipinski definition) is 2. The highest BCUT2D eigenvalue weighted by Gasteiger charge is 2.09. The van der Waals surface area contributed by atoms with Gasteiger partial charge in [0, 0.05) is 16.9 Å². The number of benzene rings is 4. The molecule has 0 aliphatic rings. The molecule has 150 valence electrons. The highest BCUT2D eigenvalue weighted by Crippen LogP contribution is 2.25. The first-order chi connectivity index (χ1) is 15.3. The van der Waals surface area contributed by atoms with E-state index >= 15 is 0 Å². The molecule has 1 N–H and O–H groups in total. The molecule has 0 fully saturated rings.